The fraction of sp³-hybridized carbons (Fsp3) is 0.176. The van der Waals surface area contributed by atoms with Crippen LogP contribution >= 0.6 is 22.6 Å². The van der Waals surface area contributed by atoms with E-state index in [4.69, 9.17) is 9.47 Å². The Morgan fingerprint density at radius 1 is 1.00 bits per heavy atom. The van der Waals surface area contributed by atoms with Gasteiger partial charge in [-0.25, -0.2) is 9.59 Å². The first-order chi connectivity index (χ1) is 12.0. The van der Waals surface area contributed by atoms with Gasteiger partial charge < -0.3 is 14.2 Å². The van der Waals surface area contributed by atoms with Crippen LogP contribution in [0.25, 0.3) is 11.1 Å². The topological polar surface area (TPSA) is 91.3 Å². The highest BCUT2D eigenvalue weighted by Gasteiger charge is 2.24. The van der Waals surface area contributed by atoms with Gasteiger partial charge in [0.1, 0.15) is 5.56 Å². The molecule has 0 aliphatic carbocycles. The van der Waals surface area contributed by atoms with Gasteiger partial charge in [0.15, 0.2) is 11.4 Å². The Morgan fingerprint density at radius 2 is 1.60 bits per heavy atom. The van der Waals surface area contributed by atoms with Crippen LogP contribution in [0.4, 0.5) is 5.69 Å². The van der Waals surface area contributed by atoms with Crippen LogP contribution in [-0.4, -0.2) is 33.3 Å². The third-order valence-corrected chi connectivity index (χ3v) is 4.35. The monoisotopic (exact) mass is 455 g/mol. The van der Waals surface area contributed by atoms with Gasteiger partial charge in [0.2, 0.25) is 0 Å². The predicted octanol–water partition coefficient (Wildman–Crippen LogP) is 3.94. The van der Waals surface area contributed by atoms with Gasteiger partial charge in [-0.2, -0.15) is 0 Å². The summed E-state index contributed by atoms with van der Waals surface area (Å²) in [5.41, 5.74) is 1.61. The number of nitroso groups, excluding NO2 is 1. The first kappa shape index (κ1) is 18.8. The number of benzene rings is 2. The Bertz CT molecular complexity index is 832. The van der Waals surface area contributed by atoms with Crippen LogP contribution in [0.5, 0.6) is 5.75 Å². The smallest absolute Gasteiger partial charge is 0.341 e. The summed E-state index contributed by atoms with van der Waals surface area (Å²) in [6.45, 7) is 0. The van der Waals surface area contributed by atoms with Gasteiger partial charge in [-0.05, 0) is 51.5 Å². The van der Waals surface area contributed by atoms with E-state index < -0.39 is 11.9 Å². The quantitative estimate of drug-likeness (QED) is 0.386. The van der Waals surface area contributed by atoms with E-state index >= 15 is 0 Å². The molecule has 2 aromatic rings. The van der Waals surface area contributed by atoms with Crippen molar-refractivity contribution in [3.8, 4) is 16.9 Å². The van der Waals surface area contributed by atoms with Gasteiger partial charge >= 0.3 is 11.9 Å². The third kappa shape index (κ3) is 3.63. The number of ether oxygens (including phenoxy) is 3. The molecular weight excluding hydrogens is 441 g/mol. The summed E-state index contributed by atoms with van der Waals surface area (Å²) in [5, 5.41) is 3.05. The highest BCUT2D eigenvalue weighted by Crippen LogP contribution is 2.44. The zero-order valence-electron chi connectivity index (χ0n) is 13.7. The second-order valence-corrected chi connectivity index (χ2v) is 5.98. The van der Waals surface area contributed by atoms with Gasteiger partial charge in [-0.3, -0.25) is 0 Å². The summed E-state index contributed by atoms with van der Waals surface area (Å²) < 4.78 is 15.2. The standard InChI is InChI=1S/C17H14INO6/c1-23-15-11(17(21)25-3)8-12(18)13(14(15)19-22)9-4-6-10(7-5-9)16(20)24-2/h4-8H,1-3H3. The second kappa shape index (κ2) is 8.06. The van der Waals surface area contributed by atoms with E-state index in [1.54, 1.807) is 30.3 Å². The van der Waals surface area contributed by atoms with Crippen LogP contribution in [0.2, 0.25) is 0 Å². The summed E-state index contributed by atoms with van der Waals surface area (Å²) >= 11 is 2.00. The Balaban J connectivity index is 2.67. The van der Waals surface area contributed by atoms with Crippen molar-refractivity contribution in [2.75, 3.05) is 21.3 Å². The number of hydrogen-bond acceptors (Lipinski definition) is 7. The highest BCUT2D eigenvalue weighted by atomic mass is 127. The molecule has 130 valence electrons. The van der Waals surface area contributed by atoms with Crippen LogP contribution in [0.15, 0.2) is 35.5 Å². The van der Waals surface area contributed by atoms with Crippen molar-refractivity contribution in [2.24, 2.45) is 5.18 Å². The number of carbonyl (C=O) groups is 2. The molecule has 0 saturated heterocycles. The average Bonchev–Trinajstić information content (AvgIpc) is 2.65. The summed E-state index contributed by atoms with van der Waals surface area (Å²) in [5.74, 6) is -1.06. The number of methoxy groups -OCH3 is 3. The molecular formula is C17H14INO6. The second-order valence-electron chi connectivity index (χ2n) is 4.81. The molecule has 0 aliphatic rings. The van der Waals surface area contributed by atoms with Crippen molar-refractivity contribution >= 4 is 40.2 Å². The molecule has 0 aliphatic heterocycles. The Labute approximate surface area is 157 Å². The lowest BCUT2D eigenvalue weighted by atomic mass is 9.99. The molecule has 0 heterocycles. The SMILES string of the molecule is COC(=O)c1ccc(-c2c(I)cc(C(=O)OC)c(OC)c2N=O)cc1. The molecule has 2 aromatic carbocycles. The maximum Gasteiger partial charge on any atom is 0.341 e. The number of rotatable bonds is 5. The van der Waals surface area contributed by atoms with Gasteiger partial charge in [0, 0.05) is 9.13 Å². The van der Waals surface area contributed by atoms with Crippen LogP contribution < -0.4 is 4.74 Å². The van der Waals surface area contributed by atoms with Crippen molar-refractivity contribution in [1.29, 1.82) is 0 Å². The number of esters is 2. The van der Waals surface area contributed by atoms with E-state index in [0.717, 1.165) is 0 Å². The summed E-state index contributed by atoms with van der Waals surface area (Å²) in [4.78, 5) is 34.9. The molecule has 0 atom stereocenters. The van der Waals surface area contributed by atoms with E-state index in [1.165, 1.54) is 21.3 Å². The lowest BCUT2D eigenvalue weighted by molar-refractivity contribution is 0.0589. The first-order valence-electron chi connectivity index (χ1n) is 6.99. The van der Waals surface area contributed by atoms with Crippen molar-refractivity contribution in [3.05, 3.63) is 49.9 Å². The summed E-state index contributed by atoms with van der Waals surface area (Å²) in [6, 6.07) is 8.04. The molecule has 0 bridgehead atoms. The van der Waals surface area contributed by atoms with Gasteiger partial charge in [0.25, 0.3) is 0 Å². The molecule has 0 radical (unpaired) electrons. The van der Waals surface area contributed by atoms with E-state index in [-0.39, 0.29) is 17.0 Å². The van der Waals surface area contributed by atoms with Crippen LogP contribution in [0.1, 0.15) is 20.7 Å². The number of nitrogens with zero attached hydrogens (tertiary/aromatic N) is 1. The van der Waals surface area contributed by atoms with E-state index in [0.29, 0.717) is 20.3 Å². The fourth-order valence-corrected chi connectivity index (χ4v) is 3.22. The van der Waals surface area contributed by atoms with E-state index in [2.05, 4.69) is 9.91 Å². The van der Waals surface area contributed by atoms with Crippen LogP contribution in [0, 0.1) is 8.48 Å². The zero-order valence-corrected chi connectivity index (χ0v) is 15.8. The Hall–Kier alpha value is -2.49. The molecule has 0 spiro atoms. The van der Waals surface area contributed by atoms with Crippen molar-refractivity contribution in [2.45, 2.75) is 0 Å². The molecule has 8 heteroatoms. The van der Waals surface area contributed by atoms with Crippen molar-refractivity contribution < 1.29 is 23.8 Å². The number of hydrogen-bond donors (Lipinski definition) is 0. The maximum atomic E-state index is 11.9. The molecule has 0 saturated carbocycles. The van der Waals surface area contributed by atoms with Crippen molar-refractivity contribution in [1.82, 2.24) is 0 Å². The summed E-state index contributed by atoms with van der Waals surface area (Å²) in [6.07, 6.45) is 0. The molecule has 0 unspecified atom stereocenters. The minimum atomic E-state index is -0.632. The van der Waals surface area contributed by atoms with Gasteiger partial charge in [0.05, 0.1) is 26.9 Å². The Morgan fingerprint density at radius 3 is 2.08 bits per heavy atom. The third-order valence-electron chi connectivity index (χ3n) is 3.50. The van der Waals surface area contributed by atoms with E-state index in [9.17, 15) is 14.5 Å². The number of carbonyl (C=O) groups excluding carboxylic acids is 2. The molecule has 0 N–H and O–H groups in total. The van der Waals surface area contributed by atoms with Crippen LogP contribution in [0.3, 0.4) is 0 Å². The highest BCUT2D eigenvalue weighted by molar-refractivity contribution is 14.1. The minimum absolute atomic E-state index is 0.0133. The van der Waals surface area contributed by atoms with Gasteiger partial charge in [-0.15, -0.1) is 4.91 Å². The van der Waals surface area contributed by atoms with Gasteiger partial charge in [-0.1, -0.05) is 12.1 Å². The largest absolute Gasteiger partial charge is 0.493 e. The van der Waals surface area contributed by atoms with E-state index in [1.807, 2.05) is 22.6 Å². The molecule has 0 fully saturated rings. The molecule has 0 aromatic heterocycles. The lowest BCUT2D eigenvalue weighted by Gasteiger charge is -2.14. The minimum Gasteiger partial charge on any atom is -0.493 e. The normalized spacial score (nSPS) is 10.1. The first-order valence-corrected chi connectivity index (χ1v) is 8.07. The lowest BCUT2D eigenvalue weighted by Crippen LogP contribution is -2.06. The average molecular weight is 455 g/mol. The predicted molar refractivity (Wildman–Crippen MR) is 99.3 cm³/mol. The van der Waals surface area contributed by atoms with Crippen molar-refractivity contribution in [3.63, 3.8) is 0 Å². The fourth-order valence-electron chi connectivity index (χ4n) is 2.34. The molecule has 25 heavy (non-hydrogen) atoms. The summed E-state index contributed by atoms with van der Waals surface area (Å²) in [7, 11) is 3.87. The molecule has 7 nitrogen and oxygen atoms in total. The number of halogens is 1. The molecule has 0 amide bonds. The maximum absolute atomic E-state index is 11.9. The van der Waals surface area contributed by atoms with Crippen LogP contribution in [-0.2, 0) is 9.47 Å². The molecule has 2 rings (SSSR count). The Kier molecular flexibility index (Phi) is 6.07. The zero-order chi connectivity index (χ0) is 18.6.